The molecule has 1 aromatic rings. The molecule has 2 atom stereocenters. The van der Waals surface area contributed by atoms with Gasteiger partial charge in [-0.2, -0.15) is 5.26 Å². The van der Waals surface area contributed by atoms with Crippen LogP contribution >= 0.6 is 11.8 Å². The van der Waals surface area contributed by atoms with Gasteiger partial charge in [-0.3, -0.25) is 4.79 Å². The first-order valence-electron chi connectivity index (χ1n) is 7.21. The molecule has 0 heterocycles. The van der Waals surface area contributed by atoms with E-state index in [-0.39, 0.29) is 18.5 Å². The third-order valence-corrected chi connectivity index (χ3v) is 4.49. The van der Waals surface area contributed by atoms with Crippen LogP contribution in [0.3, 0.4) is 0 Å². The summed E-state index contributed by atoms with van der Waals surface area (Å²) in [5.41, 5.74) is 0.655. The molecule has 0 aliphatic heterocycles. The molecule has 2 amide bonds. The van der Waals surface area contributed by atoms with E-state index >= 15 is 0 Å². The van der Waals surface area contributed by atoms with Crippen LogP contribution in [0.2, 0.25) is 0 Å². The lowest BCUT2D eigenvalue weighted by Crippen LogP contribution is -2.36. The van der Waals surface area contributed by atoms with Crippen LogP contribution in [-0.4, -0.2) is 41.4 Å². The normalized spacial score (nSPS) is 12.8. The lowest BCUT2D eigenvalue weighted by molar-refractivity contribution is -0.141. The summed E-state index contributed by atoms with van der Waals surface area (Å²) in [6.07, 6.45) is 0. The molecule has 7 heteroatoms. The monoisotopic (exact) mass is 335 g/mol. The molecule has 0 bridgehead atoms. The molecule has 0 radical (unpaired) electrons. The Morgan fingerprint density at radius 1 is 1.39 bits per heavy atom. The number of carbonyl (C=O) groups is 2. The molecule has 23 heavy (non-hydrogen) atoms. The van der Waals surface area contributed by atoms with Gasteiger partial charge < -0.3 is 15.3 Å². The maximum atomic E-state index is 12.2. The minimum Gasteiger partial charge on any atom is -0.481 e. The summed E-state index contributed by atoms with van der Waals surface area (Å²) in [5, 5.41) is 20.5. The van der Waals surface area contributed by atoms with E-state index in [1.54, 1.807) is 20.0 Å². The average molecular weight is 335 g/mol. The Balaban J connectivity index is 2.71. The number of thioether (sulfide) groups is 1. The summed E-state index contributed by atoms with van der Waals surface area (Å²) >= 11 is 1.50. The molecule has 0 saturated carbocycles. The van der Waals surface area contributed by atoms with E-state index in [1.165, 1.54) is 16.7 Å². The van der Waals surface area contributed by atoms with E-state index in [4.69, 9.17) is 10.4 Å². The zero-order valence-electron chi connectivity index (χ0n) is 13.4. The molecule has 124 valence electrons. The van der Waals surface area contributed by atoms with Crippen LogP contribution in [0.15, 0.2) is 29.2 Å². The summed E-state index contributed by atoms with van der Waals surface area (Å²) in [6.45, 7) is 3.52. The number of hydrogen-bond acceptors (Lipinski definition) is 4. The maximum Gasteiger partial charge on any atom is 0.321 e. The highest BCUT2D eigenvalue weighted by Gasteiger charge is 2.18. The summed E-state index contributed by atoms with van der Waals surface area (Å²) in [7, 11) is 1.56. The summed E-state index contributed by atoms with van der Waals surface area (Å²) in [6, 6.07) is 9.15. The summed E-state index contributed by atoms with van der Waals surface area (Å²) < 4.78 is 0. The van der Waals surface area contributed by atoms with Gasteiger partial charge in [-0.05, 0) is 19.1 Å². The fourth-order valence-electron chi connectivity index (χ4n) is 1.73. The van der Waals surface area contributed by atoms with E-state index < -0.39 is 11.9 Å². The standard InChI is InChI=1S/C16H21N3O3S/c1-11(8-17)10-23-14-7-5-4-6-13(14)18-16(22)19(3)9-12(2)15(20)21/h4-7,11-12H,9-10H2,1-3H3,(H,18,22)(H,20,21). The zero-order chi connectivity index (χ0) is 17.4. The van der Waals surface area contributed by atoms with Crippen LogP contribution in [0.1, 0.15) is 13.8 Å². The number of carbonyl (C=O) groups excluding carboxylic acids is 1. The molecule has 0 saturated heterocycles. The quantitative estimate of drug-likeness (QED) is 0.747. The van der Waals surface area contributed by atoms with Gasteiger partial charge in [-0.25, -0.2) is 4.79 Å². The average Bonchev–Trinajstić information content (AvgIpc) is 2.53. The Morgan fingerprint density at radius 3 is 2.65 bits per heavy atom. The number of urea groups is 1. The van der Waals surface area contributed by atoms with Gasteiger partial charge in [-0.15, -0.1) is 11.8 Å². The van der Waals surface area contributed by atoms with Gasteiger partial charge in [0.25, 0.3) is 0 Å². The van der Waals surface area contributed by atoms with Crippen molar-refractivity contribution < 1.29 is 14.7 Å². The Morgan fingerprint density at radius 2 is 2.04 bits per heavy atom. The zero-order valence-corrected chi connectivity index (χ0v) is 14.3. The highest BCUT2D eigenvalue weighted by Crippen LogP contribution is 2.28. The third-order valence-electron chi connectivity index (χ3n) is 3.15. The molecule has 0 spiro atoms. The Bertz CT molecular complexity index is 600. The molecule has 1 rings (SSSR count). The van der Waals surface area contributed by atoms with Crippen molar-refractivity contribution in [2.45, 2.75) is 18.7 Å². The number of carboxylic acids is 1. The number of hydrogen-bond donors (Lipinski definition) is 2. The molecule has 2 N–H and O–H groups in total. The van der Waals surface area contributed by atoms with Crippen molar-refractivity contribution in [3.8, 4) is 6.07 Å². The lowest BCUT2D eigenvalue weighted by atomic mass is 10.2. The second kappa shape index (κ2) is 9.06. The fraction of sp³-hybridized carbons (Fsp3) is 0.438. The SMILES string of the molecule is CC(C#N)CSc1ccccc1NC(=O)N(C)CC(C)C(=O)O. The lowest BCUT2D eigenvalue weighted by Gasteiger charge is -2.21. The minimum absolute atomic E-state index is 0.0807. The number of para-hydroxylation sites is 1. The molecule has 0 aliphatic carbocycles. The second-order valence-electron chi connectivity index (χ2n) is 5.39. The molecule has 2 unspecified atom stereocenters. The van der Waals surface area contributed by atoms with E-state index in [9.17, 15) is 9.59 Å². The van der Waals surface area contributed by atoms with Gasteiger partial charge in [0.05, 0.1) is 23.6 Å². The first kappa shape index (κ1) is 18.8. The number of aliphatic carboxylic acids is 1. The van der Waals surface area contributed by atoms with Crippen LogP contribution in [0.5, 0.6) is 0 Å². The Hall–Kier alpha value is -2.20. The number of anilines is 1. The van der Waals surface area contributed by atoms with Gasteiger partial charge >= 0.3 is 12.0 Å². The molecular formula is C16H21N3O3S. The topological polar surface area (TPSA) is 93.4 Å². The van der Waals surface area contributed by atoms with Gasteiger partial charge in [0.15, 0.2) is 0 Å². The van der Waals surface area contributed by atoms with E-state index in [2.05, 4.69) is 11.4 Å². The number of benzene rings is 1. The van der Waals surface area contributed by atoms with Gasteiger partial charge in [-0.1, -0.05) is 19.1 Å². The molecule has 1 aromatic carbocycles. The number of nitrogens with one attached hydrogen (secondary N) is 1. The van der Waals surface area contributed by atoms with Crippen LogP contribution in [0.25, 0.3) is 0 Å². The van der Waals surface area contributed by atoms with Crippen molar-refractivity contribution in [3.63, 3.8) is 0 Å². The van der Waals surface area contributed by atoms with Crippen LogP contribution < -0.4 is 5.32 Å². The van der Waals surface area contributed by atoms with Crippen LogP contribution in [-0.2, 0) is 4.79 Å². The highest BCUT2D eigenvalue weighted by atomic mass is 32.2. The first-order chi connectivity index (χ1) is 10.8. The molecule has 0 aromatic heterocycles. The molecule has 0 aliphatic rings. The largest absolute Gasteiger partial charge is 0.481 e. The number of nitrogens with zero attached hydrogens (tertiary/aromatic N) is 2. The number of amides is 2. The van der Waals surface area contributed by atoms with E-state index in [1.807, 2.05) is 25.1 Å². The van der Waals surface area contributed by atoms with Crippen LogP contribution in [0.4, 0.5) is 10.5 Å². The van der Waals surface area contributed by atoms with Gasteiger partial charge in [0, 0.05) is 24.2 Å². The second-order valence-corrected chi connectivity index (χ2v) is 6.45. The van der Waals surface area contributed by atoms with E-state index in [0.29, 0.717) is 11.4 Å². The highest BCUT2D eigenvalue weighted by molar-refractivity contribution is 7.99. The number of nitriles is 1. The Kier molecular flexibility index (Phi) is 7.42. The van der Waals surface area contributed by atoms with Gasteiger partial charge in [0.2, 0.25) is 0 Å². The third kappa shape index (κ3) is 6.20. The first-order valence-corrected chi connectivity index (χ1v) is 8.20. The molecule has 0 fully saturated rings. The number of carboxylic acid groups (broad SMARTS) is 1. The molecule has 6 nitrogen and oxygen atoms in total. The fourth-order valence-corrected chi connectivity index (χ4v) is 2.68. The van der Waals surface area contributed by atoms with E-state index in [0.717, 1.165) is 4.90 Å². The minimum atomic E-state index is -0.939. The number of rotatable bonds is 7. The van der Waals surface area contributed by atoms with Crippen molar-refractivity contribution in [2.24, 2.45) is 11.8 Å². The molecular weight excluding hydrogens is 314 g/mol. The smallest absolute Gasteiger partial charge is 0.321 e. The maximum absolute atomic E-state index is 12.2. The predicted molar refractivity (Wildman–Crippen MR) is 90.4 cm³/mol. The predicted octanol–water partition coefficient (Wildman–Crippen LogP) is 3.12. The van der Waals surface area contributed by atoms with Crippen molar-refractivity contribution in [1.29, 1.82) is 5.26 Å². The van der Waals surface area contributed by atoms with Crippen molar-refractivity contribution >= 4 is 29.4 Å². The van der Waals surface area contributed by atoms with Crippen molar-refractivity contribution in [2.75, 3.05) is 24.7 Å². The van der Waals surface area contributed by atoms with Gasteiger partial charge in [0.1, 0.15) is 0 Å². The summed E-state index contributed by atoms with van der Waals surface area (Å²) in [5.74, 6) is -1.02. The van der Waals surface area contributed by atoms with Crippen molar-refractivity contribution in [1.82, 2.24) is 4.90 Å². The Labute approximate surface area is 140 Å². The summed E-state index contributed by atoms with van der Waals surface area (Å²) in [4.78, 5) is 25.3. The van der Waals surface area contributed by atoms with Crippen LogP contribution in [0, 0.1) is 23.2 Å². The van der Waals surface area contributed by atoms with Crippen molar-refractivity contribution in [3.05, 3.63) is 24.3 Å².